The minimum Gasteiger partial charge on any atom is -0.308 e. The first-order chi connectivity index (χ1) is 9.19. The zero-order chi connectivity index (χ0) is 13.7. The molecule has 0 amide bonds. The minimum absolute atomic E-state index is 0.189. The van der Waals surface area contributed by atoms with E-state index in [4.69, 9.17) is 0 Å². The number of nitrogens with zero attached hydrogens (tertiary/aromatic N) is 3. The lowest BCUT2D eigenvalue weighted by Crippen LogP contribution is -2.25. The molecule has 2 heterocycles. The molecule has 102 valence electrons. The van der Waals surface area contributed by atoms with Gasteiger partial charge in [0, 0.05) is 18.0 Å². The molecule has 19 heavy (non-hydrogen) atoms. The van der Waals surface area contributed by atoms with Gasteiger partial charge in [0.1, 0.15) is 0 Å². The van der Waals surface area contributed by atoms with Crippen LogP contribution in [-0.4, -0.2) is 21.5 Å². The molecule has 1 atom stereocenters. The topological polar surface area (TPSA) is 50.7 Å². The monoisotopic (exact) mass is 276 g/mol. The van der Waals surface area contributed by atoms with E-state index in [-0.39, 0.29) is 6.04 Å². The predicted molar refractivity (Wildman–Crippen MR) is 78.4 cm³/mol. The molecule has 0 aliphatic heterocycles. The van der Waals surface area contributed by atoms with E-state index < -0.39 is 0 Å². The Hall–Kier alpha value is -1.33. The van der Waals surface area contributed by atoms with E-state index in [1.165, 1.54) is 0 Å². The second kappa shape index (κ2) is 6.73. The lowest BCUT2D eigenvalue weighted by Gasteiger charge is -2.16. The smallest absolute Gasteiger partial charge is 0.0897 e. The van der Waals surface area contributed by atoms with Crippen LogP contribution in [0.25, 0.3) is 0 Å². The van der Waals surface area contributed by atoms with E-state index in [0.717, 1.165) is 41.5 Å². The largest absolute Gasteiger partial charge is 0.308 e. The fraction of sp³-hybridized carbons (Fsp3) is 0.500. The van der Waals surface area contributed by atoms with Crippen LogP contribution in [0.5, 0.6) is 0 Å². The number of aryl methyl sites for hydroxylation is 2. The third kappa shape index (κ3) is 4.08. The van der Waals surface area contributed by atoms with Crippen LogP contribution in [-0.2, 0) is 6.42 Å². The number of thiazole rings is 1. The third-order valence-electron chi connectivity index (χ3n) is 2.88. The Labute approximate surface area is 118 Å². The van der Waals surface area contributed by atoms with Gasteiger partial charge in [-0.3, -0.25) is 9.97 Å². The van der Waals surface area contributed by atoms with Crippen LogP contribution in [0.3, 0.4) is 0 Å². The van der Waals surface area contributed by atoms with Gasteiger partial charge in [-0.25, -0.2) is 4.98 Å². The molecule has 1 unspecified atom stereocenters. The van der Waals surface area contributed by atoms with Crippen molar-refractivity contribution in [3.8, 4) is 0 Å². The van der Waals surface area contributed by atoms with Gasteiger partial charge in [-0.1, -0.05) is 6.92 Å². The molecule has 2 aromatic heterocycles. The summed E-state index contributed by atoms with van der Waals surface area (Å²) < 4.78 is 0. The highest BCUT2D eigenvalue weighted by molar-refractivity contribution is 7.09. The summed E-state index contributed by atoms with van der Waals surface area (Å²) in [6.07, 6.45) is 5.65. The van der Waals surface area contributed by atoms with Crippen LogP contribution in [0.15, 0.2) is 17.8 Å². The second-order valence-corrected chi connectivity index (χ2v) is 5.71. The van der Waals surface area contributed by atoms with Crippen molar-refractivity contribution >= 4 is 11.3 Å². The number of hydrogen-bond acceptors (Lipinski definition) is 5. The van der Waals surface area contributed by atoms with Gasteiger partial charge in [-0.2, -0.15) is 0 Å². The van der Waals surface area contributed by atoms with Crippen molar-refractivity contribution in [2.75, 3.05) is 6.54 Å². The molecular weight excluding hydrogens is 256 g/mol. The van der Waals surface area contributed by atoms with Crippen LogP contribution >= 0.6 is 11.3 Å². The van der Waals surface area contributed by atoms with Gasteiger partial charge in [-0.15, -0.1) is 11.3 Å². The van der Waals surface area contributed by atoms with Crippen molar-refractivity contribution in [2.24, 2.45) is 0 Å². The van der Waals surface area contributed by atoms with Crippen molar-refractivity contribution in [3.63, 3.8) is 0 Å². The first-order valence-corrected chi connectivity index (χ1v) is 7.50. The molecule has 0 saturated carbocycles. The summed E-state index contributed by atoms with van der Waals surface area (Å²) in [5, 5.41) is 6.76. The van der Waals surface area contributed by atoms with Gasteiger partial charge in [0.05, 0.1) is 34.3 Å². The maximum atomic E-state index is 4.53. The number of rotatable bonds is 6. The van der Waals surface area contributed by atoms with Crippen LogP contribution in [0, 0.1) is 13.8 Å². The van der Waals surface area contributed by atoms with Crippen molar-refractivity contribution < 1.29 is 0 Å². The van der Waals surface area contributed by atoms with E-state index in [9.17, 15) is 0 Å². The van der Waals surface area contributed by atoms with Crippen LogP contribution in [0.2, 0.25) is 0 Å². The summed E-state index contributed by atoms with van der Waals surface area (Å²) in [6.45, 7) is 7.13. The Morgan fingerprint density at radius 3 is 2.68 bits per heavy atom. The lowest BCUT2D eigenvalue weighted by atomic mass is 10.1. The Morgan fingerprint density at radius 2 is 2.11 bits per heavy atom. The van der Waals surface area contributed by atoms with E-state index >= 15 is 0 Å². The molecule has 1 N–H and O–H groups in total. The molecule has 0 aliphatic carbocycles. The van der Waals surface area contributed by atoms with Crippen LogP contribution in [0.4, 0.5) is 0 Å². The van der Waals surface area contributed by atoms with E-state index in [1.54, 1.807) is 11.3 Å². The maximum absolute atomic E-state index is 4.53. The third-order valence-corrected chi connectivity index (χ3v) is 3.70. The summed E-state index contributed by atoms with van der Waals surface area (Å²) in [5.41, 5.74) is 3.06. The van der Waals surface area contributed by atoms with Gasteiger partial charge >= 0.3 is 0 Å². The molecule has 4 nitrogen and oxygen atoms in total. The molecule has 0 bridgehead atoms. The van der Waals surface area contributed by atoms with Crippen molar-refractivity contribution in [1.82, 2.24) is 20.3 Å². The lowest BCUT2D eigenvalue weighted by molar-refractivity contribution is 0.512. The molecule has 0 radical (unpaired) electrons. The predicted octanol–water partition coefficient (Wildman–Crippen LogP) is 2.83. The van der Waals surface area contributed by atoms with Gasteiger partial charge in [0.15, 0.2) is 0 Å². The quantitative estimate of drug-likeness (QED) is 0.881. The molecule has 5 heteroatoms. The van der Waals surface area contributed by atoms with Gasteiger partial charge in [0.25, 0.3) is 0 Å². The fourth-order valence-corrected chi connectivity index (χ4v) is 2.52. The highest BCUT2D eigenvalue weighted by atomic mass is 32.1. The van der Waals surface area contributed by atoms with E-state index in [0.29, 0.717) is 0 Å². The zero-order valence-electron chi connectivity index (χ0n) is 11.7. The first kappa shape index (κ1) is 14.1. The highest BCUT2D eigenvalue weighted by Crippen LogP contribution is 2.18. The Kier molecular flexibility index (Phi) is 4.99. The highest BCUT2D eigenvalue weighted by Gasteiger charge is 2.14. The fourth-order valence-electron chi connectivity index (χ4n) is 1.89. The standard InChI is InChI=1S/C14H20N4S/c1-4-5-15-13(6-12-9-19-11(3)18-12)14-8-16-10(2)7-17-14/h7-9,13,15H,4-6H2,1-3H3. The van der Waals surface area contributed by atoms with E-state index in [2.05, 4.69) is 32.6 Å². The summed E-state index contributed by atoms with van der Waals surface area (Å²) in [4.78, 5) is 13.4. The molecule has 0 aliphatic rings. The molecule has 0 spiro atoms. The first-order valence-electron chi connectivity index (χ1n) is 6.62. The number of hydrogen-bond donors (Lipinski definition) is 1. The van der Waals surface area contributed by atoms with E-state index in [1.807, 2.05) is 26.2 Å². The SMILES string of the molecule is CCCNC(Cc1csc(C)n1)c1cnc(C)cn1. The van der Waals surface area contributed by atoms with Crippen molar-refractivity contribution in [2.45, 2.75) is 39.7 Å². The van der Waals surface area contributed by atoms with Crippen molar-refractivity contribution in [3.05, 3.63) is 39.9 Å². The molecular formula is C14H20N4S. The Balaban J connectivity index is 2.13. The second-order valence-electron chi connectivity index (χ2n) is 4.65. The molecule has 0 saturated heterocycles. The molecule has 2 aromatic rings. The van der Waals surface area contributed by atoms with Crippen LogP contribution < -0.4 is 5.32 Å². The van der Waals surface area contributed by atoms with Crippen LogP contribution in [0.1, 0.15) is 41.5 Å². The average Bonchev–Trinajstić information content (AvgIpc) is 2.81. The molecule has 0 fully saturated rings. The Bertz CT molecular complexity index is 506. The summed E-state index contributed by atoms with van der Waals surface area (Å²) >= 11 is 1.69. The average molecular weight is 276 g/mol. The van der Waals surface area contributed by atoms with Gasteiger partial charge in [-0.05, 0) is 26.8 Å². The summed E-state index contributed by atoms with van der Waals surface area (Å²) in [6, 6.07) is 0.189. The molecule has 2 rings (SSSR count). The van der Waals surface area contributed by atoms with Gasteiger partial charge < -0.3 is 5.32 Å². The zero-order valence-corrected chi connectivity index (χ0v) is 12.5. The Morgan fingerprint density at radius 1 is 1.26 bits per heavy atom. The van der Waals surface area contributed by atoms with Crippen molar-refractivity contribution in [1.29, 1.82) is 0 Å². The normalized spacial score (nSPS) is 12.6. The summed E-state index contributed by atoms with van der Waals surface area (Å²) in [7, 11) is 0. The minimum atomic E-state index is 0.189. The summed E-state index contributed by atoms with van der Waals surface area (Å²) in [5.74, 6) is 0. The van der Waals surface area contributed by atoms with Gasteiger partial charge in [0.2, 0.25) is 0 Å². The molecule has 0 aromatic carbocycles. The maximum Gasteiger partial charge on any atom is 0.0897 e. The number of nitrogens with one attached hydrogen (secondary N) is 1. The number of aromatic nitrogens is 3.